The van der Waals surface area contributed by atoms with Crippen molar-refractivity contribution in [1.82, 2.24) is 4.90 Å². The largest absolute Gasteiger partial charge is 0.493 e. The lowest BCUT2D eigenvalue weighted by atomic mass is 10.1. The average Bonchev–Trinajstić information content (AvgIpc) is 3.16. The van der Waals surface area contributed by atoms with E-state index in [9.17, 15) is 26.4 Å². The van der Waals surface area contributed by atoms with E-state index in [0.29, 0.717) is 0 Å². The fourth-order valence-corrected chi connectivity index (χ4v) is 5.88. The van der Waals surface area contributed by atoms with E-state index in [1.165, 1.54) is 33.5 Å². The number of ether oxygens (including phenoxy) is 4. The van der Waals surface area contributed by atoms with Crippen LogP contribution in [0.25, 0.3) is 0 Å². The molecule has 0 unspecified atom stereocenters. The summed E-state index contributed by atoms with van der Waals surface area (Å²) in [4.78, 5) is 13.3. The van der Waals surface area contributed by atoms with Gasteiger partial charge in [0.15, 0.2) is 11.5 Å². The number of sulfonamides is 1. The molecular weight excluding hydrogens is 573 g/mol. The summed E-state index contributed by atoms with van der Waals surface area (Å²) in [5, 5.41) is 0. The van der Waals surface area contributed by atoms with Crippen LogP contribution < -0.4 is 18.9 Å². The third kappa shape index (κ3) is 5.98. The molecule has 3 rings (SSSR count). The Labute approximate surface area is 214 Å². The van der Waals surface area contributed by atoms with Crippen molar-refractivity contribution in [3.8, 4) is 17.2 Å². The van der Waals surface area contributed by atoms with Gasteiger partial charge in [0.25, 0.3) is 10.0 Å². The smallest absolute Gasteiger partial charge is 0.419 e. The number of halogens is 4. The van der Waals surface area contributed by atoms with Crippen molar-refractivity contribution >= 4 is 37.6 Å². The lowest BCUT2D eigenvalue weighted by Gasteiger charge is -2.20. The number of methoxy groups -OCH3 is 3. The van der Waals surface area contributed by atoms with Crippen molar-refractivity contribution < 1.29 is 45.3 Å². The van der Waals surface area contributed by atoms with Crippen LogP contribution in [-0.4, -0.2) is 66.4 Å². The molecule has 0 spiro atoms. The van der Waals surface area contributed by atoms with E-state index >= 15 is 0 Å². The number of rotatable bonds is 8. The van der Waals surface area contributed by atoms with Crippen LogP contribution in [0.2, 0.25) is 0 Å². The molecule has 1 saturated heterocycles. The normalized spacial score (nSPS) is 18.6. The van der Waals surface area contributed by atoms with Crippen LogP contribution in [0.3, 0.4) is 0 Å². The van der Waals surface area contributed by atoms with Crippen LogP contribution in [0, 0.1) is 0 Å². The molecule has 0 saturated carbocycles. The van der Waals surface area contributed by atoms with Gasteiger partial charge in [-0.1, -0.05) is 0 Å². The lowest BCUT2D eigenvalue weighted by molar-refractivity contribution is -0.145. The molecule has 2 aromatic carbocycles. The number of carbonyl (C=O) groups excluding carboxylic acids is 1. The average molecular weight is 597 g/mol. The van der Waals surface area contributed by atoms with Crippen molar-refractivity contribution in [2.24, 2.45) is 0 Å². The standard InChI is InChI=1S/C22H24BrF3N2O7S/c1-28-11-13(8-16(28)21(29)34-4)35-17-7-12(5-6-14(17)22(24,25)26)27-36(30,31)20-10-19(33-3)18(32-2)9-15(20)23/h5-7,9-10,13,16,27H,8,11H2,1-4H3/t13-,16+/m1/s1. The minimum Gasteiger partial charge on any atom is -0.493 e. The van der Waals surface area contributed by atoms with Gasteiger partial charge in [0.1, 0.15) is 22.8 Å². The van der Waals surface area contributed by atoms with Crippen LogP contribution >= 0.6 is 15.9 Å². The number of likely N-dealkylation sites (tertiary alicyclic amines) is 1. The Morgan fingerprint density at radius 1 is 1.08 bits per heavy atom. The maximum atomic E-state index is 13.7. The number of anilines is 1. The Kier molecular flexibility index (Phi) is 8.30. The topological polar surface area (TPSA) is 103 Å². The van der Waals surface area contributed by atoms with Crippen LogP contribution in [-0.2, 0) is 25.7 Å². The van der Waals surface area contributed by atoms with Gasteiger partial charge >= 0.3 is 12.1 Å². The number of esters is 1. The molecule has 9 nitrogen and oxygen atoms in total. The number of likely N-dealkylation sites (N-methyl/N-ethyl adjacent to an activating group) is 1. The highest BCUT2D eigenvalue weighted by Crippen LogP contribution is 2.40. The molecule has 1 N–H and O–H groups in total. The molecule has 2 atom stereocenters. The molecule has 1 fully saturated rings. The van der Waals surface area contributed by atoms with Gasteiger partial charge in [-0.25, -0.2) is 8.42 Å². The molecule has 0 radical (unpaired) electrons. The van der Waals surface area contributed by atoms with E-state index in [1.807, 2.05) is 0 Å². The summed E-state index contributed by atoms with van der Waals surface area (Å²) < 4.78 is 90.2. The number of hydrogen-bond acceptors (Lipinski definition) is 8. The van der Waals surface area contributed by atoms with Crippen LogP contribution in [0.5, 0.6) is 17.2 Å². The molecule has 0 amide bonds. The Balaban J connectivity index is 1.93. The summed E-state index contributed by atoms with van der Waals surface area (Å²) in [5.41, 5.74) is -1.24. The number of nitrogens with zero attached hydrogens (tertiary/aromatic N) is 1. The van der Waals surface area contributed by atoms with E-state index in [2.05, 4.69) is 20.7 Å². The Morgan fingerprint density at radius 2 is 1.72 bits per heavy atom. The highest BCUT2D eigenvalue weighted by atomic mass is 79.9. The summed E-state index contributed by atoms with van der Waals surface area (Å²) in [6.45, 7) is 0.172. The molecule has 0 bridgehead atoms. The first-order valence-electron chi connectivity index (χ1n) is 10.4. The summed E-state index contributed by atoms with van der Waals surface area (Å²) in [7, 11) is 1.30. The van der Waals surface area contributed by atoms with Crippen molar-refractivity contribution in [3.05, 3.63) is 40.4 Å². The van der Waals surface area contributed by atoms with Gasteiger partial charge in [0, 0.05) is 29.6 Å². The van der Waals surface area contributed by atoms with E-state index in [1.54, 1.807) is 11.9 Å². The molecule has 1 heterocycles. The van der Waals surface area contributed by atoms with Gasteiger partial charge in [0.05, 0.1) is 32.6 Å². The highest BCUT2D eigenvalue weighted by Gasteiger charge is 2.39. The first-order valence-corrected chi connectivity index (χ1v) is 12.7. The minimum absolute atomic E-state index is 0.106. The molecular formula is C22H24BrF3N2O7S. The monoisotopic (exact) mass is 596 g/mol. The fourth-order valence-electron chi connectivity index (χ4n) is 3.80. The number of alkyl halides is 3. The third-order valence-electron chi connectivity index (χ3n) is 5.54. The Hall–Kier alpha value is -2.71. The quantitative estimate of drug-likeness (QED) is 0.458. The van der Waals surface area contributed by atoms with Gasteiger partial charge in [-0.15, -0.1) is 0 Å². The molecule has 198 valence electrons. The maximum absolute atomic E-state index is 13.7. The predicted molar refractivity (Wildman–Crippen MR) is 127 cm³/mol. The summed E-state index contributed by atoms with van der Waals surface area (Å²) >= 11 is 3.17. The number of carbonyl (C=O) groups is 1. The zero-order valence-corrected chi connectivity index (χ0v) is 22.1. The summed E-state index contributed by atoms with van der Waals surface area (Å²) in [5.74, 6) is -0.678. The molecule has 14 heteroatoms. The minimum atomic E-state index is -4.76. The van der Waals surface area contributed by atoms with E-state index in [-0.39, 0.29) is 39.5 Å². The number of hydrogen-bond donors (Lipinski definition) is 1. The van der Waals surface area contributed by atoms with Crippen molar-refractivity contribution in [2.45, 2.75) is 29.6 Å². The first kappa shape index (κ1) is 27.9. The second kappa shape index (κ2) is 10.7. The zero-order chi connectivity index (χ0) is 26.8. The maximum Gasteiger partial charge on any atom is 0.419 e. The van der Waals surface area contributed by atoms with E-state index in [4.69, 9.17) is 18.9 Å². The Bertz CT molecular complexity index is 1240. The van der Waals surface area contributed by atoms with Gasteiger partial charge in [-0.05, 0) is 41.2 Å². The lowest BCUT2D eigenvalue weighted by Crippen LogP contribution is -2.33. The van der Waals surface area contributed by atoms with Crippen molar-refractivity contribution in [1.29, 1.82) is 0 Å². The van der Waals surface area contributed by atoms with Crippen LogP contribution in [0.4, 0.5) is 18.9 Å². The van der Waals surface area contributed by atoms with Crippen molar-refractivity contribution in [2.75, 3.05) is 39.6 Å². The summed E-state index contributed by atoms with van der Waals surface area (Å²) in [6.07, 6.45) is -5.41. The van der Waals surface area contributed by atoms with Gasteiger partial charge in [-0.3, -0.25) is 14.4 Å². The van der Waals surface area contributed by atoms with E-state index in [0.717, 1.165) is 18.2 Å². The van der Waals surface area contributed by atoms with Crippen molar-refractivity contribution in [3.63, 3.8) is 0 Å². The first-order chi connectivity index (χ1) is 16.8. The zero-order valence-electron chi connectivity index (χ0n) is 19.7. The number of benzene rings is 2. The molecule has 0 aliphatic carbocycles. The molecule has 2 aromatic rings. The highest BCUT2D eigenvalue weighted by molar-refractivity contribution is 9.10. The van der Waals surface area contributed by atoms with Crippen LogP contribution in [0.15, 0.2) is 39.7 Å². The third-order valence-corrected chi connectivity index (χ3v) is 7.88. The molecule has 1 aliphatic rings. The van der Waals surface area contributed by atoms with Gasteiger partial charge in [0.2, 0.25) is 0 Å². The predicted octanol–water partition coefficient (Wildman–Crippen LogP) is 3.91. The van der Waals surface area contributed by atoms with E-state index < -0.39 is 45.6 Å². The second-order valence-electron chi connectivity index (χ2n) is 7.91. The van der Waals surface area contributed by atoms with Gasteiger partial charge in [-0.2, -0.15) is 13.2 Å². The SMILES string of the molecule is COC(=O)[C@@H]1C[C@@H](Oc2cc(NS(=O)(=O)c3cc(OC)c(OC)cc3Br)ccc2C(F)(F)F)CN1C. The molecule has 0 aromatic heterocycles. The Morgan fingerprint density at radius 3 is 2.31 bits per heavy atom. The summed E-state index contributed by atoms with van der Waals surface area (Å²) in [6, 6.07) is 4.61. The second-order valence-corrected chi connectivity index (χ2v) is 10.4. The molecule has 36 heavy (non-hydrogen) atoms. The van der Waals surface area contributed by atoms with Crippen LogP contribution in [0.1, 0.15) is 12.0 Å². The number of nitrogens with one attached hydrogen (secondary N) is 1. The fraction of sp³-hybridized carbons (Fsp3) is 0.409. The molecule has 1 aliphatic heterocycles. The van der Waals surface area contributed by atoms with Gasteiger partial charge < -0.3 is 18.9 Å².